The zero-order valence-electron chi connectivity index (χ0n) is 16.7. The number of halogens is 1. The minimum Gasteiger partial charge on any atom is -0.324 e. The Kier molecular flexibility index (Phi) is 4.77. The molecule has 30 heavy (non-hydrogen) atoms. The summed E-state index contributed by atoms with van der Waals surface area (Å²) in [6.07, 6.45) is 1.89. The molecule has 5 nitrogen and oxygen atoms in total. The van der Waals surface area contributed by atoms with Gasteiger partial charge in [-0.15, -0.1) is 0 Å². The van der Waals surface area contributed by atoms with Crippen LogP contribution in [0.3, 0.4) is 0 Å². The summed E-state index contributed by atoms with van der Waals surface area (Å²) < 4.78 is 0.930. The van der Waals surface area contributed by atoms with E-state index in [-0.39, 0.29) is 47.9 Å². The van der Waals surface area contributed by atoms with Gasteiger partial charge >= 0.3 is 0 Å². The Bertz CT molecular complexity index is 1040. The summed E-state index contributed by atoms with van der Waals surface area (Å²) in [4.78, 5) is 40.0. The van der Waals surface area contributed by atoms with Crippen molar-refractivity contribution in [3.63, 3.8) is 0 Å². The molecule has 6 heteroatoms. The molecule has 3 aliphatic rings. The van der Waals surface area contributed by atoms with E-state index in [1.807, 2.05) is 43.3 Å². The van der Waals surface area contributed by atoms with Crippen LogP contribution in [0.5, 0.6) is 0 Å². The number of carbonyl (C=O) groups is 3. The SMILES string of the molecule is Cc1cc(Br)ccc1NC(=O)CN1C(=O)[C@@H]2[C@H]3C[C@H]([C@@H]2C1=O)[C@H](c1ccccc1)C3. The van der Waals surface area contributed by atoms with Crippen molar-refractivity contribution in [1.29, 1.82) is 0 Å². The van der Waals surface area contributed by atoms with E-state index in [1.54, 1.807) is 0 Å². The molecule has 2 aromatic carbocycles. The van der Waals surface area contributed by atoms with Gasteiger partial charge in [0.05, 0.1) is 11.8 Å². The monoisotopic (exact) mass is 466 g/mol. The number of anilines is 1. The first-order valence-corrected chi connectivity index (χ1v) is 11.2. The maximum Gasteiger partial charge on any atom is 0.244 e. The Morgan fingerprint density at radius 2 is 1.80 bits per heavy atom. The maximum atomic E-state index is 13.2. The lowest BCUT2D eigenvalue weighted by Crippen LogP contribution is -2.39. The summed E-state index contributed by atoms with van der Waals surface area (Å²) in [5.74, 6) is -0.424. The molecule has 1 saturated heterocycles. The molecule has 1 N–H and O–H groups in total. The Balaban J connectivity index is 1.31. The molecule has 1 heterocycles. The summed E-state index contributed by atoms with van der Waals surface area (Å²) in [5, 5.41) is 2.84. The summed E-state index contributed by atoms with van der Waals surface area (Å²) in [7, 11) is 0. The highest BCUT2D eigenvalue weighted by Gasteiger charge is 2.63. The van der Waals surface area contributed by atoms with Gasteiger partial charge in [-0.05, 0) is 66.8 Å². The summed E-state index contributed by atoms with van der Waals surface area (Å²) >= 11 is 3.41. The fraction of sp³-hybridized carbons (Fsp3) is 0.375. The van der Waals surface area contributed by atoms with Crippen molar-refractivity contribution >= 4 is 39.3 Å². The van der Waals surface area contributed by atoms with E-state index in [4.69, 9.17) is 0 Å². The van der Waals surface area contributed by atoms with Crippen LogP contribution in [-0.4, -0.2) is 29.2 Å². The van der Waals surface area contributed by atoms with E-state index in [9.17, 15) is 14.4 Å². The molecule has 3 amide bonds. The van der Waals surface area contributed by atoms with Gasteiger partial charge in [-0.3, -0.25) is 19.3 Å². The quantitative estimate of drug-likeness (QED) is 0.689. The van der Waals surface area contributed by atoms with E-state index in [2.05, 4.69) is 33.4 Å². The van der Waals surface area contributed by atoms with Gasteiger partial charge in [0, 0.05) is 10.2 Å². The Morgan fingerprint density at radius 3 is 2.53 bits per heavy atom. The summed E-state index contributed by atoms with van der Waals surface area (Å²) in [6, 6.07) is 15.9. The number of fused-ring (bicyclic) bond motifs is 5. The second-order valence-corrected chi connectivity index (χ2v) is 9.65. The molecule has 5 atom stereocenters. The highest BCUT2D eigenvalue weighted by atomic mass is 79.9. The van der Waals surface area contributed by atoms with Crippen molar-refractivity contribution in [1.82, 2.24) is 4.90 Å². The molecule has 0 radical (unpaired) electrons. The van der Waals surface area contributed by atoms with Crippen molar-refractivity contribution in [3.8, 4) is 0 Å². The average Bonchev–Trinajstić information content (AvgIpc) is 3.39. The largest absolute Gasteiger partial charge is 0.324 e. The second-order valence-electron chi connectivity index (χ2n) is 8.73. The van der Waals surface area contributed by atoms with E-state index < -0.39 is 0 Å². The van der Waals surface area contributed by atoms with E-state index in [0.717, 1.165) is 22.9 Å². The van der Waals surface area contributed by atoms with E-state index >= 15 is 0 Å². The number of hydrogen-bond acceptors (Lipinski definition) is 3. The molecule has 154 valence electrons. The van der Waals surface area contributed by atoms with Crippen LogP contribution in [0.25, 0.3) is 0 Å². The number of rotatable bonds is 4. The van der Waals surface area contributed by atoms with Crippen LogP contribution in [0.2, 0.25) is 0 Å². The lowest BCUT2D eigenvalue weighted by Gasteiger charge is -2.28. The van der Waals surface area contributed by atoms with Crippen LogP contribution in [-0.2, 0) is 14.4 Å². The molecular formula is C24H23BrN2O3. The zero-order valence-corrected chi connectivity index (χ0v) is 18.3. The fourth-order valence-electron chi connectivity index (χ4n) is 5.86. The third-order valence-electron chi connectivity index (χ3n) is 7.10. The summed E-state index contributed by atoms with van der Waals surface area (Å²) in [5.41, 5.74) is 2.86. The number of carbonyl (C=O) groups excluding carboxylic acids is 3. The van der Waals surface area contributed by atoms with Crippen LogP contribution < -0.4 is 5.32 Å². The van der Waals surface area contributed by atoms with Crippen molar-refractivity contribution in [2.24, 2.45) is 23.7 Å². The van der Waals surface area contributed by atoms with Gasteiger partial charge in [-0.2, -0.15) is 0 Å². The predicted molar refractivity (Wildman–Crippen MR) is 117 cm³/mol. The first kappa shape index (κ1) is 19.5. The van der Waals surface area contributed by atoms with Crippen molar-refractivity contribution in [3.05, 3.63) is 64.1 Å². The number of nitrogens with one attached hydrogen (secondary N) is 1. The molecule has 1 aliphatic heterocycles. The first-order valence-electron chi connectivity index (χ1n) is 10.4. The van der Waals surface area contributed by atoms with Gasteiger partial charge in [0.1, 0.15) is 6.54 Å². The Hall–Kier alpha value is -2.47. The molecule has 3 fully saturated rings. The Labute approximate surface area is 184 Å². The van der Waals surface area contributed by atoms with Crippen LogP contribution in [0.4, 0.5) is 5.69 Å². The minimum atomic E-state index is -0.339. The van der Waals surface area contributed by atoms with Crippen LogP contribution >= 0.6 is 15.9 Å². The van der Waals surface area contributed by atoms with Crippen molar-refractivity contribution < 1.29 is 14.4 Å². The van der Waals surface area contributed by atoms with Gasteiger partial charge in [0.2, 0.25) is 17.7 Å². The van der Waals surface area contributed by atoms with E-state index in [0.29, 0.717) is 11.6 Å². The molecule has 5 rings (SSSR count). The second kappa shape index (κ2) is 7.34. The number of benzene rings is 2. The molecular weight excluding hydrogens is 444 g/mol. The van der Waals surface area contributed by atoms with Crippen LogP contribution in [0.15, 0.2) is 53.0 Å². The third-order valence-corrected chi connectivity index (χ3v) is 7.59. The smallest absolute Gasteiger partial charge is 0.244 e. The topological polar surface area (TPSA) is 66.5 Å². The minimum absolute atomic E-state index is 0.160. The molecule has 0 aromatic heterocycles. The maximum absolute atomic E-state index is 13.2. The number of hydrogen-bond donors (Lipinski definition) is 1. The zero-order chi connectivity index (χ0) is 21.0. The summed E-state index contributed by atoms with van der Waals surface area (Å²) in [6.45, 7) is 1.69. The average molecular weight is 467 g/mol. The lowest BCUT2D eigenvalue weighted by atomic mass is 9.73. The van der Waals surface area contributed by atoms with Crippen LogP contribution in [0.1, 0.15) is 29.9 Å². The van der Waals surface area contributed by atoms with Gasteiger partial charge in [0.25, 0.3) is 0 Å². The third kappa shape index (κ3) is 3.09. The van der Waals surface area contributed by atoms with Crippen molar-refractivity contribution in [2.75, 3.05) is 11.9 Å². The van der Waals surface area contributed by atoms with Crippen molar-refractivity contribution in [2.45, 2.75) is 25.7 Å². The van der Waals surface area contributed by atoms with Gasteiger partial charge in [-0.1, -0.05) is 46.3 Å². The van der Waals surface area contributed by atoms with Gasteiger partial charge in [-0.25, -0.2) is 0 Å². The fourth-order valence-corrected chi connectivity index (χ4v) is 6.34. The lowest BCUT2D eigenvalue weighted by molar-refractivity contribution is -0.143. The molecule has 2 aliphatic carbocycles. The highest BCUT2D eigenvalue weighted by molar-refractivity contribution is 9.10. The van der Waals surface area contributed by atoms with Gasteiger partial charge < -0.3 is 5.32 Å². The molecule has 2 aromatic rings. The molecule has 2 bridgehead atoms. The number of aryl methyl sites for hydroxylation is 1. The first-order chi connectivity index (χ1) is 14.4. The number of likely N-dealkylation sites (tertiary alicyclic amines) is 1. The van der Waals surface area contributed by atoms with Gasteiger partial charge in [0.15, 0.2) is 0 Å². The molecule has 0 unspecified atom stereocenters. The Morgan fingerprint density at radius 1 is 1.07 bits per heavy atom. The number of nitrogens with zero attached hydrogens (tertiary/aromatic N) is 1. The molecule has 0 spiro atoms. The standard InChI is InChI=1S/C24H23BrN2O3/c1-13-9-16(25)7-8-19(13)26-20(28)12-27-23(29)21-15-10-17(14-5-3-2-4-6-14)18(11-15)22(21)24(27)30/h2-9,15,17-18,21-22H,10-12H2,1H3,(H,26,28)/t15-,17+,18+,21-,22+/m1/s1. The van der Waals surface area contributed by atoms with Crippen LogP contribution in [0, 0.1) is 30.6 Å². The van der Waals surface area contributed by atoms with E-state index in [1.165, 1.54) is 10.5 Å². The molecule has 2 saturated carbocycles. The normalized spacial score (nSPS) is 29.4. The predicted octanol–water partition coefficient (Wildman–Crippen LogP) is 4.12. The highest BCUT2D eigenvalue weighted by Crippen LogP contribution is 2.61. The number of amides is 3. The number of imide groups is 1.